The van der Waals surface area contributed by atoms with E-state index in [1.54, 1.807) is 13.8 Å². The normalized spacial score (nSPS) is 12.5. The second kappa shape index (κ2) is 8.88. The van der Waals surface area contributed by atoms with Crippen LogP contribution in [0, 0.1) is 12.4 Å². The van der Waals surface area contributed by atoms with Crippen LogP contribution in [0.15, 0.2) is 36.7 Å². The molecule has 0 radical (unpaired) electrons. The molecule has 180 valence electrons. The summed E-state index contributed by atoms with van der Waals surface area (Å²) in [6.07, 6.45) is -1.99. The Labute approximate surface area is 201 Å². The zero-order chi connectivity index (χ0) is 24.0. The van der Waals surface area contributed by atoms with Crippen molar-refractivity contribution in [2.24, 2.45) is 0 Å². The van der Waals surface area contributed by atoms with Crippen LogP contribution in [-0.2, 0) is 38.2 Å². The molecule has 4 aromatic heterocycles. The Morgan fingerprint density at radius 3 is 1.38 bits per heavy atom. The van der Waals surface area contributed by atoms with E-state index < -0.39 is 29.2 Å². The van der Waals surface area contributed by atoms with Crippen molar-refractivity contribution in [3.63, 3.8) is 0 Å². The maximum atomic E-state index is 12.8. The van der Waals surface area contributed by atoms with Crippen molar-refractivity contribution in [1.29, 1.82) is 0 Å². The Balaban J connectivity index is 0.00000324. The molecule has 0 N–H and O–H groups in total. The van der Waals surface area contributed by atoms with Gasteiger partial charge in [-0.3, -0.25) is 30.1 Å². The van der Waals surface area contributed by atoms with Gasteiger partial charge in [-0.25, -0.2) is 0 Å². The Hall–Kier alpha value is -3.18. The standard InChI is InChI=1S/C19H12F6N8.Pd/c1-17(2,11-3-7-26-15(28-11)32-9-5-13(30-32)18(20,21)22)12-4-8-27-16(29-12)33-10-6-14(31-33)19(23,24)25;/h3-8H,1-2H3;/q-2;+2. The van der Waals surface area contributed by atoms with Crippen molar-refractivity contribution in [2.75, 3.05) is 0 Å². The fraction of sp³-hybridized carbons (Fsp3) is 0.263. The van der Waals surface area contributed by atoms with Gasteiger partial charge in [0.2, 0.25) is 0 Å². The Morgan fingerprint density at radius 1 is 0.676 bits per heavy atom. The number of nitrogens with zero attached hydrogens (tertiary/aromatic N) is 8. The first kappa shape index (κ1) is 25.4. The zero-order valence-electron chi connectivity index (χ0n) is 17.1. The average Bonchev–Trinajstić information content (AvgIpc) is 3.44. The summed E-state index contributed by atoms with van der Waals surface area (Å²) in [6.45, 7) is 3.43. The van der Waals surface area contributed by atoms with Crippen molar-refractivity contribution in [1.82, 2.24) is 39.5 Å². The summed E-state index contributed by atoms with van der Waals surface area (Å²) in [5, 5.41) is 6.80. The maximum Gasteiger partial charge on any atom is 2.00 e. The van der Waals surface area contributed by atoms with E-state index >= 15 is 0 Å². The molecule has 15 heteroatoms. The molecule has 0 spiro atoms. The first-order valence-corrected chi connectivity index (χ1v) is 9.13. The van der Waals surface area contributed by atoms with Crippen LogP contribution < -0.4 is 0 Å². The molecule has 0 fully saturated rings. The topological polar surface area (TPSA) is 87.2 Å². The summed E-state index contributed by atoms with van der Waals surface area (Å²) in [5.74, 6) is -0.304. The van der Waals surface area contributed by atoms with E-state index in [0.717, 1.165) is 9.36 Å². The third kappa shape index (κ3) is 5.00. The fourth-order valence-electron chi connectivity index (χ4n) is 2.79. The van der Waals surface area contributed by atoms with Gasteiger partial charge in [-0.1, -0.05) is 12.4 Å². The van der Waals surface area contributed by atoms with E-state index in [9.17, 15) is 26.3 Å². The number of hydrogen-bond donors (Lipinski definition) is 0. The van der Waals surface area contributed by atoms with Crippen LogP contribution in [-0.4, -0.2) is 39.5 Å². The molecule has 8 nitrogen and oxygen atoms in total. The molecule has 0 aliphatic heterocycles. The van der Waals surface area contributed by atoms with Crippen LogP contribution in [0.25, 0.3) is 11.9 Å². The molecule has 0 atom stereocenters. The smallest absolute Gasteiger partial charge is 0.328 e. The van der Waals surface area contributed by atoms with Crippen LogP contribution in [0.5, 0.6) is 0 Å². The molecular weight excluding hydrogens is 561 g/mol. The van der Waals surface area contributed by atoms with E-state index in [-0.39, 0.29) is 32.3 Å². The molecule has 0 aliphatic rings. The summed E-state index contributed by atoms with van der Waals surface area (Å²) in [5.41, 5.74) is -2.53. The predicted octanol–water partition coefficient (Wildman–Crippen LogP) is 3.60. The van der Waals surface area contributed by atoms with E-state index in [4.69, 9.17) is 0 Å². The van der Waals surface area contributed by atoms with Crippen LogP contribution in [0.4, 0.5) is 26.3 Å². The number of aromatic nitrogens is 8. The molecule has 34 heavy (non-hydrogen) atoms. The van der Waals surface area contributed by atoms with Crippen molar-refractivity contribution >= 4 is 0 Å². The predicted molar refractivity (Wildman–Crippen MR) is 98.1 cm³/mol. The summed E-state index contributed by atoms with van der Waals surface area (Å²) in [7, 11) is 0. The van der Waals surface area contributed by atoms with Gasteiger partial charge >= 0.3 is 32.8 Å². The van der Waals surface area contributed by atoms with Gasteiger partial charge in [0.15, 0.2) is 0 Å². The second-order valence-electron chi connectivity index (χ2n) is 7.25. The number of hydrogen-bond acceptors (Lipinski definition) is 6. The molecule has 0 unspecified atom stereocenters. The Bertz CT molecular complexity index is 1200. The molecular formula is C19H12F6N8Pd. The summed E-state index contributed by atoms with van der Waals surface area (Å²) >= 11 is 0. The van der Waals surface area contributed by atoms with E-state index in [0.29, 0.717) is 23.5 Å². The minimum Gasteiger partial charge on any atom is -0.328 e. The fourth-order valence-corrected chi connectivity index (χ4v) is 2.79. The minimum atomic E-state index is -4.65. The molecule has 0 saturated carbocycles. The molecule has 0 aliphatic carbocycles. The third-order valence-electron chi connectivity index (χ3n) is 4.59. The van der Waals surface area contributed by atoms with Crippen LogP contribution in [0.2, 0.25) is 0 Å². The van der Waals surface area contributed by atoms with Gasteiger partial charge in [0.05, 0.1) is 11.4 Å². The molecule has 0 saturated heterocycles. The summed E-state index contributed by atoms with van der Waals surface area (Å²) in [6, 6.07) is 4.41. The van der Waals surface area contributed by atoms with Gasteiger partial charge in [0.1, 0.15) is 11.9 Å². The van der Waals surface area contributed by atoms with E-state index in [1.807, 2.05) is 0 Å². The van der Waals surface area contributed by atoms with Gasteiger partial charge in [-0.15, -0.1) is 12.1 Å². The van der Waals surface area contributed by atoms with Crippen LogP contribution in [0.3, 0.4) is 0 Å². The molecule has 0 aromatic carbocycles. The first-order valence-electron chi connectivity index (χ1n) is 9.13. The Kier molecular flexibility index (Phi) is 6.65. The van der Waals surface area contributed by atoms with Crippen molar-refractivity contribution in [3.05, 3.63) is 71.8 Å². The summed E-state index contributed by atoms with van der Waals surface area (Å²) < 4.78 is 78.5. The SMILES string of the molecule is CC(C)(c1ccnc(-n2[c-]cc(C(F)(F)F)n2)n1)c1ccnc(-n2[c-]cc(C(F)(F)F)n2)n1.[Pd+2]. The van der Waals surface area contributed by atoms with Gasteiger partial charge in [-0.2, -0.15) is 26.3 Å². The monoisotopic (exact) mass is 572 g/mol. The zero-order valence-corrected chi connectivity index (χ0v) is 18.7. The van der Waals surface area contributed by atoms with Gasteiger partial charge in [-0.05, 0) is 26.0 Å². The number of alkyl halides is 6. The van der Waals surface area contributed by atoms with Crippen LogP contribution >= 0.6 is 0 Å². The van der Waals surface area contributed by atoms with Gasteiger partial charge in [0.25, 0.3) is 0 Å². The van der Waals surface area contributed by atoms with Crippen molar-refractivity contribution in [2.45, 2.75) is 31.6 Å². The Morgan fingerprint density at radius 2 is 1.06 bits per heavy atom. The van der Waals surface area contributed by atoms with Gasteiger partial charge < -0.3 is 9.36 Å². The van der Waals surface area contributed by atoms with E-state index in [1.165, 1.54) is 24.5 Å². The molecule has 4 heterocycles. The largest absolute Gasteiger partial charge is 2.00 e. The number of rotatable bonds is 4. The minimum absolute atomic E-state index is 0. The molecule has 0 amide bonds. The van der Waals surface area contributed by atoms with Gasteiger partial charge in [0, 0.05) is 29.2 Å². The third-order valence-corrected chi connectivity index (χ3v) is 4.59. The maximum absolute atomic E-state index is 12.8. The quantitative estimate of drug-likeness (QED) is 0.211. The number of halogens is 6. The summed E-state index contributed by atoms with van der Waals surface area (Å²) in [4.78, 5) is 16.4. The molecule has 4 aromatic rings. The first-order chi connectivity index (χ1) is 15.4. The average molecular weight is 573 g/mol. The van der Waals surface area contributed by atoms with Crippen molar-refractivity contribution in [3.8, 4) is 11.9 Å². The second-order valence-corrected chi connectivity index (χ2v) is 7.25. The van der Waals surface area contributed by atoms with E-state index in [2.05, 4.69) is 42.5 Å². The van der Waals surface area contributed by atoms with Crippen LogP contribution in [0.1, 0.15) is 36.6 Å². The molecule has 4 rings (SSSR count). The molecule has 0 bridgehead atoms. The van der Waals surface area contributed by atoms with Crippen molar-refractivity contribution < 1.29 is 46.8 Å².